The number of H-pyrrole nitrogens is 1. The van der Waals surface area contributed by atoms with Crippen molar-refractivity contribution >= 4 is 5.91 Å². The van der Waals surface area contributed by atoms with E-state index in [1.54, 1.807) is 0 Å². The average molecular weight is 240 g/mol. The van der Waals surface area contributed by atoms with Gasteiger partial charge in [0.05, 0.1) is 25.0 Å². The van der Waals surface area contributed by atoms with E-state index in [-0.39, 0.29) is 5.91 Å². The SMILES string of the molecule is Cc1[nH]ncc1C(=O)NCCOCCN(C)C. The zero-order valence-corrected chi connectivity index (χ0v) is 10.6. The first-order chi connectivity index (χ1) is 8.11. The maximum absolute atomic E-state index is 11.6. The Balaban J connectivity index is 2.11. The lowest BCUT2D eigenvalue weighted by atomic mass is 10.2. The molecule has 0 aliphatic heterocycles. The molecule has 0 radical (unpaired) electrons. The first kappa shape index (κ1) is 13.7. The van der Waals surface area contributed by atoms with Gasteiger partial charge in [0.15, 0.2) is 0 Å². The van der Waals surface area contributed by atoms with Gasteiger partial charge in [-0.05, 0) is 21.0 Å². The third kappa shape index (κ3) is 4.97. The number of aromatic nitrogens is 2. The van der Waals surface area contributed by atoms with Crippen molar-refractivity contribution in [3.8, 4) is 0 Å². The molecule has 1 rings (SSSR count). The molecule has 0 saturated heterocycles. The molecule has 1 heterocycles. The van der Waals surface area contributed by atoms with Crippen LogP contribution in [0.1, 0.15) is 16.1 Å². The van der Waals surface area contributed by atoms with Crippen LogP contribution in [0.25, 0.3) is 0 Å². The van der Waals surface area contributed by atoms with Gasteiger partial charge in [-0.3, -0.25) is 9.89 Å². The maximum Gasteiger partial charge on any atom is 0.254 e. The summed E-state index contributed by atoms with van der Waals surface area (Å²) in [6.45, 7) is 4.41. The van der Waals surface area contributed by atoms with Crippen molar-refractivity contribution in [2.24, 2.45) is 0 Å². The van der Waals surface area contributed by atoms with Crippen LogP contribution in [0.2, 0.25) is 0 Å². The third-order valence-corrected chi connectivity index (χ3v) is 2.29. The van der Waals surface area contributed by atoms with Gasteiger partial charge in [0, 0.05) is 18.8 Å². The number of aromatic amines is 1. The van der Waals surface area contributed by atoms with E-state index >= 15 is 0 Å². The van der Waals surface area contributed by atoms with E-state index in [1.165, 1.54) is 6.20 Å². The topological polar surface area (TPSA) is 70.2 Å². The second kappa shape index (κ2) is 7.03. The number of aryl methyl sites for hydroxylation is 1. The zero-order valence-electron chi connectivity index (χ0n) is 10.6. The molecule has 2 N–H and O–H groups in total. The Labute approximate surface area is 101 Å². The van der Waals surface area contributed by atoms with Gasteiger partial charge in [-0.1, -0.05) is 0 Å². The van der Waals surface area contributed by atoms with Crippen molar-refractivity contribution in [3.63, 3.8) is 0 Å². The number of carbonyl (C=O) groups is 1. The number of hydrogen-bond acceptors (Lipinski definition) is 4. The summed E-state index contributed by atoms with van der Waals surface area (Å²) in [6.07, 6.45) is 1.53. The standard InChI is InChI=1S/C11H20N4O2/c1-9-10(8-13-14-9)11(16)12-4-6-17-7-5-15(2)3/h8H,4-7H2,1-3H3,(H,12,16)(H,13,14). The van der Waals surface area contributed by atoms with Crippen LogP contribution in [0.5, 0.6) is 0 Å². The van der Waals surface area contributed by atoms with Crippen molar-refractivity contribution in [3.05, 3.63) is 17.5 Å². The number of rotatable bonds is 7. The van der Waals surface area contributed by atoms with Crippen LogP contribution in [0.15, 0.2) is 6.20 Å². The van der Waals surface area contributed by atoms with Crippen LogP contribution in [0.3, 0.4) is 0 Å². The monoisotopic (exact) mass is 240 g/mol. The molecular formula is C11H20N4O2. The van der Waals surface area contributed by atoms with Crippen LogP contribution in [-0.4, -0.2) is 61.4 Å². The number of nitrogens with one attached hydrogen (secondary N) is 2. The third-order valence-electron chi connectivity index (χ3n) is 2.29. The van der Waals surface area contributed by atoms with Crippen LogP contribution < -0.4 is 5.32 Å². The minimum Gasteiger partial charge on any atom is -0.378 e. The molecule has 0 saturated carbocycles. The lowest BCUT2D eigenvalue weighted by molar-refractivity contribution is 0.0900. The number of hydrogen-bond donors (Lipinski definition) is 2. The molecule has 0 aliphatic rings. The Morgan fingerprint density at radius 3 is 2.88 bits per heavy atom. The summed E-state index contributed by atoms with van der Waals surface area (Å²) < 4.78 is 5.36. The minimum absolute atomic E-state index is 0.118. The lowest BCUT2D eigenvalue weighted by Crippen LogP contribution is -2.28. The molecule has 0 aromatic carbocycles. The Morgan fingerprint density at radius 2 is 2.29 bits per heavy atom. The molecule has 96 valence electrons. The molecule has 0 spiro atoms. The molecule has 0 atom stereocenters. The van der Waals surface area contributed by atoms with Gasteiger partial charge in [-0.25, -0.2) is 0 Å². The van der Waals surface area contributed by atoms with E-state index in [9.17, 15) is 4.79 Å². The first-order valence-electron chi connectivity index (χ1n) is 5.62. The molecule has 0 bridgehead atoms. The summed E-state index contributed by atoms with van der Waals surface area (Å²) in [5, 5.41) is 9.30. The van der Waals surface area contributed by atoms with E-state index in [0.29, 0.717) is 25.3 Å². The van der Waals surface area contributed by atoms with Gasteiger partial charge in [0.2, 0.25) is 0 Å². The number of ether oxygens (including phenoxy) is 1. The van der Waals surface area contributed by atoms with Crippen molar-refractivity contribution in [1.82, 2.24) is 20.4 Å². The number of amides is 1. The molecule has 1 aromatic rings. The first-order valence-corrected chi connectivity index (χ1v) is 5.62. The van der Waals surface area contributed by atoms with Crippen LogP contribution >= 0.6 is 0 Å². The van der Waals surface area contributed by atoms with E-state index in [0.717, 1.165) is 12.2 Å². The second-order valence-electron chi connectivity index (χ2n) is 4.08. The van der Waals surface area contributed by atoms with Crippen molar-refractivity contribution in [2.45, 2.75) is 6.92 Å². The van der Waals surface area contributed by atoms with Gasteiger partial charge in [-0.2, -0.15) is 5.10 Å². The fourth-order valence-corrected chi connectivity index (χ4v) is 1.26. The molecule has 6 heteroatoms. The number of carbonyl (C=O) groups excluding carboxylic acids is 1. The van der Waals surface area contributed by atoms with Crippen molar-refractivity contribution < 1.29 is 9.53 Å². The van der Waals surface area contributed by atoms with E-state index < -0.39 is 0 Å². The Kier molecular flexibility index (Phi) is 5.65. The Bertz CT molecular complexity index is 349. The highest BCUT2D eigenvalue weighted by atomic mass is 16.5. The number of nitrogens with zero attached hydrogens (tertiary/aromatic N) is 2. The zero-order chi connectivity index (χ0) is 12.7. The summed E-state index contributed by atoms with van der Waals surface area (Å²) >= 11 is 0. The quantitative estimate of drug-likeness (QED) is 0.660. The average Bonchev–Trinajstić information content (AvgIpc) is 2.69. The van der Waals surface area contributed by atoms with Gasteiger partial charge in [0.1, 0.15) is 0 Å². The van der Waals surface area contributed by atoms with E-state index in [2.05, 4.69) is 15.5 Å². The van der Waals surface area contributed by atoms with Gasteiger partial charge < -0.3 is 15.0 Å². The Morgan fingerprint density at radius 1 is 1.53 bits per heavy atom. The molecule has 6 nitrogen and oxygen atoms in total. The fraction of sp³-hybridized carbons (Fsp3) is 0.636. The van der Waals surface area contributed by atoms with Gasteiger partial charge in [0.25, 0.3) is 5.91 Å². The molecule has 1 aromatic heterocycles. The van der Waals surface area contributed by atoms with Gasteiger partial charge >= 0.3 is 0 Å². The molecule has 0 unspecified atom stereocenters. The van der Waals surface area contributed by atoms with Gasteiger partial charge in [-0.15, -0.1) is 0 Å². The van der Waals surface area contributed by atoms with Crippen molar-refractivity contribution in [1.29, 1.82) is 0 Å². The molecule has 0 aliphatic carbocycles. The summed E-state index contributed by atoms with van der Waals surface area (Å²) in [5.74, 6) is -0.118. The van der Waals surface area contributed by atoms with Crippen LogP contribution in [0, 0.1) is 6.92 Å². The highest BCUT2D eigenvalue weighted by Crippen LogP contribution is 2.01. The highest BCUT2D eigenvalue weighted by Gasteiger charge is 2.09. The molecule has 1 amide bonds. The Hall–Kier alpha value is -1.40. The largest absolute Gasteiger partial charge is 0.378 e. The van der Waals surface area contributed by atoms with E-state index in [1.807, 2.05) is 25.9 Å². The summed E-state index contributed by atoms with van der Waals surface area (Å²) in [7, 11) is 3.99. The molecule has 0 fully saturated rings. The van der Waals surface area contributed by atoms with Crippen LogP contribution in [-0.2, 0) is 4.74 Å². The lowest BCUT2D eigenvalue weighted by Gasteiger charge is -2.10. The summed E-state index contributed by atoms with van der Waals surface area (Å²) in [4.78, 5) is 13.7. The summed E-state index contributed by atoms with van der Waals surface area (Å²) in [6, 6.07) is 0. The van der Waals surface area contributed by atoms with E-state index in [4.69, 9.17) is 4.74 Å². The minimum atomic E-state index is -0.118. The van der Waals surface area contributed by atoms with Crippen LogP contribution in [0.4, 0.5) is 0 Å². The molecular weight excluding hydrogens is 220 g/mol. The predicted octanol–water partition coefficient (Wildman–Crippen LogP) is 0.0261. The van der Waals surface area contributed by atoms with Crippen molar-refractivity contribution in [2.75, 3.05) is 40.4 Å². The molecule has 17 heavy (non-hydrogen) atoms. The smallest absolute Gasteiger partial charge is 0.254 e. The highest BCUT2D eigenvalue weighted by molar-refractivity contribution is 5.94. The predicted molar refractivity (Wildman–Crippen MR) is 65.0 cm³/mol. The fourth-order valence-electron chi connectivity index (χ4n) is 1.26. The number of likely N-dealkylation sites (N-methyl/N-ethyl adjacent to an activating group) is 1. The second-order valence-corrected chi connectivity index (χ2v) is 4.08. The summed E-state index contributed by atoms with van der Waals surface area (Å²) in [5.41, 5.74) is 1.36. The maximum atomic E-state index is 11.6. The normalized spacial score (nSPS) is 10.8.